The van der Waals surface area contributed by atoms with Gasteiger partial charge in [0.1, 0.15) is 11.5 Å². The molecule has 5 nitrogen and oxygen atoms in total. The number of para-hydroxylation sites is 1. The highest BCUT2D eigenvalue weighted by atomic mass is 16.5. The maximum atomic E-state index is 7.13. The summed E-state index contributed by atoms with van der Waals surface area (Å²) in [6.07, 6.45) is 6.41. The Balaban J connectivity index is 1.48. The van der Waals surface area contributed by atoms with Crippen LogP contribution in [-0.4, -0.2) is 6.17 Å². The van der Waals surface area contributed by atoms with Gasteiger partial charge in [-0.15, -0.1) is 0 Å². The maximum Gasteiger partial charge on any atom is 0.273 e. The van der Waals surface area contributed by atoms with Crippen LogP contribution in [0.3, 0.4) is 0 Å². The fourth-order valence-corrected chi connectivity index (χ4v) is 7.01. The van der Waals surface area contributed by atoms with E-state index in [1.165, 1.54) is 5.56 Å². The van der Waals surface area contributed by atoms with Gasteiger partial charge in [0.25, 0.3) is 5.82 Å². The second-order valence-electron chi connectivity index (χ2n) is 12.4. The molecule has 0 aliphatic carbocycles. The number of rotatable bonds is 3. The van der Waals surface area contributed by atoms with Gasteiger partial charge in [-0.3, -0.25) is 5.73 Å². The molecule has 1 aromatic heterocycles. The molecule has 0 bridgehead atoms. The highest BCUT2D eigenvalue weighted by molar-refractivity contribution is 5.81. The van der Waals surface area contributed by atoms with E-state index in [-0.39, 0.29) is 11.6 Å². The Hall–Kier alpha value is -5.03. The van der Waals surface area contributed by atoms with E-state index in [2.05, 4.69) is 163 Å². The molecule has 3 aliphatic heterocycles. The number of nitrogens with two attached hydrogens (primary N) is 1. The number of anilines is 3. The predicted molar refractivity (Wildman–Crippen MR) is 169 cm³/mol. The Morgan fingerprint density at radius 2 is 1.48 bits per heavy atom. The quantitative estimate of drug-likeness (QED) is 0.236. The average molecular weight is 550 g/mol. The van der Waals surface area contributed by atoms with Gasteiger partial charge in [0, 0.05) is 24.2 Å². The zero-order valence-electron chi connectivity index (χ0n) is 24.0. The Labute approximate surface area is 246 Å². The van der Waals surface area contributed by atoms with Crippen molar-refractivity contribution in [2.75, 3.05) is 15.5 Å². The van der Waals surface area contributed by atoms with Gasteiger partial charge < -0.3 is 14.5 Å². The number of fused-ring (bicyclic) bond motifs is 5. The first-order valence-corrected chi connectivity index (χ1v) is 14.5. The zero-order chi connectivity index (χ0) is 28.6. The smallest absolute Gasteiger partial charge is 0.273 e. The van der Waals surface area contributed by atoms with Crippen LogP contribution >= 0.6 is 0 Å². The highest BCUT2D eigenvalue weighted by Crippen LogP contribution is 2.60. The summed E-state index contributed by atoms with van der Waals surface area (Å²) in [6, 6.07) is 38.4. The molecule has 5 heteroatoms. The molecule has 4 aromatic carbocycles. The van der Waals surface area contributed by atoms with E-state index in [9.17, 15) is 0 Å². The molecule has 4 heterocycles. The molecule has 2 atom stereocenters. The molecular weight excluding hydrogens is 516 g/mol. The first kappa shape index (κ1) is 24.7. The minimum atomic E-state index is -0.718. The number of aromatic nitrogens is 1. The summed E-state index contributed by atoms with van der Waals surface area (Å²) in [6.45, 7) is 6.68. The SMILES string of the molecule is CC(C)(C)c1cc[n+](C23c4cc(-c5ccccc5)ccc4Oc4cccc(c42)N2C=CN(c4ccccc4)C23)c(N)c1. The van der Waals surface area contributed by atoms with Crippen LogP contribution in [0.2, 0.25) is 0 Å². The summed E-state index contributed by atoms with van der Waals surface area (Å²) in [4.78, 5) is 4.75. The third-order valence-electron chi connectivity index (χ3n) is 8.95. The van der Waals surface area contributed by atoms with Crippen LogP contribution in [0.15, 0.2) is 128 Å². The lowest BCUT2D eigenvalue weighted by molar-refractivity contribution is -0.732. The highest BCUT2D eigenvalue weighted by Gasteiger charge is 2.65. The normalized spacial score (nSPS) is 19.7. The Morgan fingerprint density at radius 3 is 2.21 bits per heavy atom. The largest absolute Gasteiger partial charge is 0.456 e. The van der Waals surface area contributed by atoms with Crippen molar-refractivity contribution < 1.29 is 9.30 Å². The number of pyridine rings is 1. The Bertz CT molecular complexity index is 1880. The topological polar surface area (TPSA) is 45.6 Å². The van der Waals surface area contributed by atoms with E-state index in [4.69, 9.17) is 10.5 Å². The first-order chi connectivity index (χ1) is 20.4. The third kappa shape index (κ3) is 3.34. The number of hydrogen-bond acceptors (Lipinski definition) is 4. The lowest BCUT2D eigenvalue weighted by Crippen LogP contribution is -2.68. The molecule has 0 spiro atoms. The third-order valence-corrected chi connectivity index (χ3v) is 8.95. The molecule has 2 unspecified atom stereocenters. The van der Waals surface area contributed by atoms with E-state index in [1.54, 1.807) is 0 Å². The Morgan fingerprint density at radius 1 is 0.738 bits per heavy atom. The van der Waals surface area contributed by atoms with Crippen LogP contribution in [0.4, 0.5) is 17.2 Å². The zero-order valence-corrected chi connectivity index (χ0v) is 24.0. The van der Waals surface area contributed by atoms with Crippen molar-refractivity contribution >= 4 is 17.2 Å². The van der Waals surface area contributed by atoms with Gasteiger partial charge in [0.2, 0.25) is 5.54 Å². The molecule has 0 radical (unpaired) electrons. The minimum absolute atomic E-state index is 0.0330. The molecular formula is C37H33N4O+. The van der Waals surface area contributed by atoms with Crippen LogP contribution in [0.25, 0.3) is 11.1 Å². The summed E-state index contributed by atoms with van der Waals surface area (Å²) in [5, 5.41) is 0. The van der Waals surface area contributed by atoms with Crippen molar-refractivity contribution in [3.8, 4) is 22.6 Å². The summed E-state index contributed by atoms with van der Waals surface area (Å²) in [5.41, 5.74) is 14.3. The van der Waals surface area contributed by atoms with Gasteiger partial charge >= 0.3 is 0 Å². The Kier molecular flexibility index (Phi) is 5.14. The van der Waals surface area contributed by atoms with E-state index in [1.807, 2.05) is 0 Å². The standard InChI is InChI=1S/C37H32N4O/c1-36(2,3)27-19-20-41(33(38)24-27)37-29-23-26(25-11-6-4-7-12-25)17-18-31(29)42-32-16-10-15-30(34(32)37)40-22-21-39(35(37)40)28-13-8-5-9-14-28/h4-24,35,38H,1-3H3/p+1. The van der Waals surface area contributed by atoms with Gasteiger partial charge in [0.05, 0.1) is 23.0 Å². The second-order valence-corrected chi connectivity index (χ2v) is 12.4. The number of nitrogen functional groups attached to an aromatic ring is 1. The summed E-state index contributed by atoms with van der Waals surface area (Å²) >= 11 is 0. The molecule has 0 amide bonds. The van der Waals surface area contributed by atoms with Crippen molar-refractivity contribution in [3.63, 3.8) is 0 Å². The molecule has 2 N–H and O–H groups in total. The van der Waals surface area contributed by atoms with Crippen LogP contribution < -0.4 is 24.8 Å². The lowest BCUT2D eigenvalue weighted by atomic mass is 9.77. The van der Waals surface area contributed by atoms with Crippen molar-refractivity contribution in [1.82, 2.24) is 0 Å². The first-order valence-electron chi connectivity index (χ1n) is 14.5. The van der Waals surface area contributed by atoms with Crippen LogP contribution in [-0.2, 0) is 11.0 Å². The van der Waals surface area contributed by atoms with Crippen molar-refractivity contribution in [3.05, 3.63) is 144 Å². The predicted octanol–water partition coefficient (Wildman–Crippen LogP) is 7.56. The maximum absolute atomic E-state index is 7.13. The fraction of sp³-hybridized carbons (Fsp3) is 0.162. The summed E-state index contributed by atoms with van der Waals surface area (Å²) in [5.74, 6) is 2.41. The molecule has 8 rings (SSSR count). The van der Waals surface area contributed by atoms with E-state index in [0.717, 1.165) is 45.1 Å². The van der Waals surface area contributed by atoms with E-state index in [0.29, 0.717) is 5.82 Å². The summed E-state index contributed by atoms with van der Waals surface area (Å²) < 4.78 is 8.99. The molecule has 0 saturated heterocycles. The molecule has 3 aliphatic rings. The van der Waals surface area contributed by atoms with Gasteiger partial charge in [-0.1, -0.05) is 81.4 Å². The van der Waals surface area contributed by atoms with Crippen LogP contribution in [0, 0.1) is 0 Å². The minimum Gasteiger partial charge on any atom is -0.456 e. The van der Waals surface area contributed by atoms with Gasteiger partial charge in [-0.05, 0) is 64.6 Å². The van der Waals surface area contributed by atoms with Crippen molar-refractivity contribution in [1.29, 1.82) is 0 Å². The van der Waals surface area contributed by atoms with Crippen molar-refractivity contribution in [2.45, 2.75) is 37.9 Å². The van der Waals surface area contributed by atoms with E-state index < -0.39 is 5.54 Å². The van der Waals surface area contributed by atoms with Gasteiger partial charge in [-0.25, -0.2) is 4.57 Å². The van der Waals surface area contributed by atoms with Crippen LogP contribution in [0.5, 0.6) is 11.5 Å². The molecule has 0 fully saturated rings. The van der Waals surface area contributed by atoms with Crippen LogP contribution in [0.1, 0.15) is 37.5 Å². The lowest BCUT2D eigenvalue weighted by Gasteiger charge is -2.42. The number of nitrogens with zero attached hydrogens (tertiary/aromatic N) is 3. The van der Waals surface area contributed by atoms with Gasteiger partial charge in [0.15, 0.2) is 6.17 Å². The van der Waals surface area contributed by atoms with Gasteiger partial charge in [-0.2, -0.15) is 0 Å². The molecule has 5 aromatic rings. The monoisotopic (exact) mass is 549 g/mol. The molecule has 0 saturated carbocycles. The number of benzene rings is 4. The molecule has 206 valence electrons. The fourth-order valence-electron chi connectivity index (χ4n) is 7.01. The van der Waals surface area contributed by atoms with E-state index >= 15 is 0 Å². The number of ether oxygens (including phenoxy) is 1. The molecule has 42 heavy (non-hydrogen) atoms. The number of hydrogen-bond donors (Lipinski definition) is 1. The average Bonchev–Trinajstić information content (AvgIpc) is 3.57. The summed E-state index contributed by atoms with van der Waals surface area (Å²) in [7, 11) is 0. The second kappa shape index (κ2) is 8.73. The van der Waals surface area contributed by atoms with Crippen molar-refractivity contribution in [2.24, 2.45) is 0 Å².